The molecule has 0 saturated carbocycles. The first kappa shape index (κ1) is 10.8. The van der Waals surface area contributed by atoms with Gasteiger partial charge in [0.1, 0.15) is 17.8 Å². The van der Waals surface area contributed by atoms with E-state index < -0.39 is 11.8 Å². The number of aromatic carboxylic acids is 1. The molecule has 6 nitrogen and oxygen atoms in total. The zero-order valence-corrected chi connectivity index (χ0v) is 7.46. The molecule has 0 aliphatic rings. The highest BCUT2D eigenvalue weighted by Crippen LogP contribution is 2.18. The summed E-state index contributed by atoms with van der Waals surface area (Å²) in [6, 6.07) is 3.33. The Morgan fingerprint density at radius 3 is 2.80 bits per heavy atom. The molecule has 1 aromatic carbocycles. The summed E-state index contributed by atoms with van der Waals surface area (Å²) in [5.74, 6) is 2.74. The Morgan fingerprint density at radius 2 is 2.27 bits per heavy atom. The lowest BCUT2D eigenvalue weighted by molar-refractivity contribution is 0.0696. The summed E-state index contributed by atoms with van der Waals surface area (Å²) < 4.78 is 13.2. The number of carboxylic acid groups (broad SMARTS) is 1. The second kappa shape index (κ2) is 4.80. The number of nitrogens with zero attached hydrogens (tertiary/aromatic N) is 3. The van der Waals surface area contributed by atoms with Crippen LogP contribution < -0.4 is 5.84 Å². The van der Waals surface area contributed by atoms with Crippen molar-refractivity contribution < 1.29 is 14.3 Å². The minimum Gasteiger partial charge on any atom is -0.478 e. The second-order valence-electron chi connectivity index (χ2n) is 2.45. The number of hydrogen-bond donors (Lipinski definition) is 2. The normalized spacial score (nSPS) is 11.3. The number of carbonyl (C=O) groups is 1. The molecule has 0 radical (unpaired) electrons. The first-order valence-electron chi connectivity index (χ1n) is 3.80. The van der Waals surface area contributed by atoms with E-state index in [0.29, 0.717) is 0 Å². The third-order valence-electron chi connectivity index (χ3n) is 1.51. The highest BCUT2D eigenvalue weighted by molar-refractivity contribution is 5.88. The largest absolute Gasteiger partial charge is 0.478 e. The van der Waals surface area contributed by atoms with Crippen molar-refractivity contribution >= 4 is 18.0 Å². The van der Waals surface area contributed by atoms with Gasteiger partial charge in [0.15, 0.2) is 0 Å². The lowest BCUT2D eigenvalue weighted by Gasteiger charge is -1.97. The molecule has 7 heteroatoms. The summed E-state index contributed by atoms with van der Waals surface area (Å²) in [4.78, 5) is 14.0. The summed E-state index contributed by atoms with van der Waals surface area (Å²) >= 11 is 0. The molecular formula is C8H7FN4O2. The first-order valence-corrected chi connectivity index (χ1v) is 3.80. The van der Waals surface area contributed by atoms with Crippen LogP contribution in [0, 0.1) is 5.82 Å². The van der Waals surface area contributed by atoms with Crippen LogP contribution in [0.3, 0.4) is 0 Å². The minimum absolute atomic E-state index is 0.0348. The lowest BCUT2D eigenvalue weighted by Crippen LogP contribution is -1.96. The van der Waals surface area contributed by atoms with Crippen molar-refractivity contribution in [2.75, 3.05) is 0 Å². The maximum atomic E-state index is 13.2. The average Bonchev–Trinajstić information content (AvgIpc) is 2.20. The maximum Gasteiger partial charge on any atom is 0.335 e. The highest BCUT2D eigenvalue weighted by Gasteiger charge is 2.06. The van der Waals surface area contributed by atoms with Crippen molar-refractivity contribution in [3.63, 3.8) is 0 Å². The van der Waals surface area contributed by atoms with Crippen LogP contribution in [0.5, 0.6) is 0 Å². The molecule has 0 heterocycles. The standard InChI is InChI=1S/C8H7FN4O2/c9-6-3-5(8(14)15)1-2-7(6)11-4-12-13-10/h1-4H,(H,14,15)(H2,10,11,12). The summed E-state index contributed by atoms with van der Waals surface area (Å²) in [6.07, 6.45) is 0.957. The number of carboxylic acids is 1. The van der Waals surface area contributed by atoms with Gasteiger partial charge in [-0.1, -0.05) is 5.22 Å². The van der Waals surface area contributed by atoms with Crippen molar-refractivity contribution in [1.29, 1.82) is 0 Å². The lowest BCUT2D eigenvalue weighted by atomic mass is 10.2. The highest BCUT2D eigenvalue weighted by atomic mass is 19.1. The first-order chi connectivity index (χ1) is 7.15. The van der Waals surface area contributed by atoms with E-state index in [1.54, 1.807) is 0 Å². The molecular weight excluding hydrogens is 203 g/mol. The van der Waals surface area contributed by atoms with Crippen LogP contribution in [-0.2, 0) is 0 Å². The Kier molecular flexibility index (Phi) is 3.44. The predicted molar refractivity (Wildman–Crippen MR) is 50.6 cm³/mol. The van der Waals surface area contributed by atoms with Gasteiger partial charge in [-0.2, -0.15) is 0 Å². The van der Waals surface area contributed by atoms with E-state index in [2.05, 4.69) is 15.3 Å². The van der Waals surface area contributed by atoms with Gasteiger partial charge in [0.05, 0.1) is 5.56 Å². The van der Waals surface area contributed by atoms with E-state index in [9.17, 15) is 9.18 Å². The second-order valence-corrected chi connectivity index (χ2v) is 2.45. The van der Waals surface area contributed by atoms with Crippen LogP contribution >= 0.6 is 0 Å². The van der Waals surface area contributed by atoms with Crippen LogP contribution in [0.2, 0.25) is 0 Å². The molecule has 78 valence electrons. The van der Waals surface area contributed by atoms with Crippen LogP contribution in [-0.4, -0.2) is 17.4 Å². The third kappa shape index (κ3) is 2.83. The SMILES string of the molecule is NN=NC=Nc1ccc(C(=O)O)cc1F. The number of rotatable bonds is 3. The van der Waals surface area contributed by atoms with Crippen LogP contribution in [0.25, 0.3) is 0 Å². The zero-order chi connectivity index (χ0) is 11.3. The molecule has 15 heavy (non-hydrogen) atoms. The molecule has 0 spiro atoms. The van der Waals surface area contributed by atoms with Gasteiger partial charge < -0.3 is 10.9 Å². The Labute approximate surface area is 83.9 Å². The molecule has 0 aromatic heterocycles. The summed E-state index contributed by atoms with van der Waals surface area (Å²) in [6.45, 7) is 0. The Balaban J connectivity index is 2.98. The molecule has 0 aliphatic heterocycles. The predicted octanol–water partition coefficient (Wildman–Crippen LogP) is 1.51. The number of halogens is 1. The van der Waals surface area contributed by atoms with Gasteiger partial charge in [-0.25, -0.2) is 14.2 Å². The average molecular weight is 210 g/mol. The van der Waals surface area contributed by atoms with Gasteiger partial charge in [-0.15, -0.1) is 5.11 Å². The van der Waals surface area contributed by atoms with Crippen molar-refractivity contribution in [1.82, 2.24) is 0 Å². The van der Waals surface area contributed by atoms with E-state index in [1.807, 2.05) is 0 Å². The van der Waals surface area contributed by atoms with Gasteiger partial charge in [0.2, 0.25) is 0 Å². The number of benzene rings is 1. The topological polar surface area (TPSA) is 100 Å². The fraction of sp³-hybridized carbons (Fsp3) is 0. The molecule has 0 atom stereocenters. The molecule has 0 aliphatic carbocycles. The molecule has 0 bridgehead atoms. The fourth-order valence-electron chi connectivity index (χ4n) is 0.862. The monoisotopic (exact) mass is 210 g/mol. The van der Waals surface area contributed by atoms with E-state index >= 15 is 0 Å². The zero-order valence-electron chi connectivity index (χ0n) is 7.46. The maximum absolute atomic E-state index is 13.2. The third-order valence-corrected chi connectivity index (χ3v) is 1.51. The Bertz CT molecular complexity index is 431. The summed E-state index contributed by atoms with van der Waals surface area (Å²) in [5, 5.41) is 14.6. The van der Waals surface area contributed by atoms with Crippen molar-refractivity contribution in [3.05, 3.63) is 29.6 Å². The van der Waals surface area contributed by atoms with E-state index in [0.717, 1.165) is 12.4 Å². The van der Waals surface area contributed by atoms with Crippen molar-refractivity contribution in [2.45, 2.75) is 0 Å². The van der Waals surface area contributed by atoms with E-state index in [4.69, 9.17) is 10.9 Å². The van der Waals surface area contributed by atoms with Gasteiger partial charge in [-0.05, 0) is 18.2 Å². The van der Waals surface area contributed by atoms with Crippen LogP contribution in [0.15, 0.2) is 33.5 Å². The number of nitrogens with two attached hydrogens (primary N) is 1. The van der Waals surface area contributed by atoms with Crippen LogP contribution in [0.4, 0.5) is 10.1 Å². The summed E-state index contributed by atoms with van der Waals surface area (Å²) in [5.41, 5.74) is -0.181. The molecule has 1 rings (SSSR count). The van der Waals surface area contributed by atoms with Gasteiger partial charge in [0.25, 0.3) is 0 Å². The molecule has 0 fully saturated rings. The Morgan fingerprint density at radius 1 is 1.53 bits per heavy atom. The fourth-order valence-corrected chi connectivity index (χ4v) is 0.862. The van der Waals surface area contributed by atoms with Gasteiger partial charge >= 0.3 is 5.97 Å². The molecule has 0 unspecified atom stereocenters. The Hall–Kier alpha value is -2.31. The molecule has 0 saturated heterocycles. The quantitative estimate of drug-likeness (QED) is 0.260. The van der Waals surface area contributed by atoms with E-state index in [1.165, 1.54) is 12.1 Å². The molecule has 1 aromatic rings. The van der Waals surface area contributed by atoms with Crippen molar-refractivity contribution in [2.24, 2.45) is 21.2 Å². The minimum atomic E-state index is -1.20. The summed E-state index contributed by atoms with van der Waals surface area (Å²) in [7, 11) is 0. The van der Waals surface area contributed by atoms with Gasteiger partial charge in [0, 0.05) is 0 Å². The molecule has 3 N–H and O–H groups in total. The number of aliphatic imine (C=N–C) groups is 1. The number of hydrogen-bond acceptors (Lipinski definition) is 3. The van der Waals surface area contributed by atoms with E-state index in [-0.39, 0.29) is 11.3 Å². The smallest absolute Gasteiger partial charge is 0.335 e. The molecule has 0 amide bonds. The van der Waals surface area contributed by atoms with Crippen molar-refractivity contribution in [3.8, 4) is 0 Å². The van der Waals surface area contributed by atoms with Crippen LogP contribution in [0.1, 0.15) is 10.4 Å². The van der Waals surface area contributed by atoms with Gasteiger partial charge in [-0.3, -0.25) is 0 Å².